The van der Waals surface area contributed by atoms with Gasteiger partial charge in [0.05, 0.1) is 0 Å². The summed E-state index contributed by atoms with van der Waals surface area (Å²) in [6.07, 6.45) is 7.47. The van der Waals surface area contributed by atoms with Crippen molar-refractivity contribution in [1.29, 1.82) is 0 Å². The van der Waals surface area contributed by atoms with Gasteiger partial charge in [-0.05, 0) is 64.6 Å². The fraction of sp³-hybridized carbons (Fsp3) is 0.895. The van der Waals surface area contributed by atoms with Gasteiger partial charge in [-0.25, -0.2) is 0 Å². The Labute approximate surface area is 178 Å². The van der Waals surface area contributed by atoms with Crippen LogP contribution < -0.4 is 21.7 Å². The molecule has 8 heteroatoms. The van der Waals surface area contributed by atoms with Gasteiger partial charge in [-0.15, -0.1) is 0 Å². The first-order valence-electron chi connectivity index (χ1n) is 9.95. The van der Waals surface area contributed by atoms with Crippen LogP contribution in [0.15, 0.2) is 0 Å². The number of carboxylic acid groups (broad SMARTS) is 2. The number of aliphatic carboxylic acids is 2. The van der Waals surface area contributed by atoms with Gasteiger partial charge in [0.2, 0.25) is 0 Å². The van der Waals surface area contributed by atoms with Gasteiger partial charge in [-0.2, -0.15) is 0 Å². The minimum Gasteiger partial charge on any atom is -0.550 e. The van der Waals surface area contributed by atoms with Crippen LogP contribution in [0.2, 0.25) is 0 Å². The van der Waals surface area contributed by atoms with Crippen LogP contribution in [0.1, 0.15) is 71.6 Å². The van der Waals surface area contributed by atoms with Crippen LogP contribution in [-0.4, -0.2) is 48.6 Å². The maximum Gasteiger partial charge on any atom is 2.00 e. The second-order valence-corrected chi connectivity index (χ2v) is 7.19. The number of carbonyl (C=O) groups excluding carboxylic acids is 2. The van der Waals surface area contributed by atoms with E-state index in [1.807, 2.05) is 0 Å². The molecule has 7 nitrogen and oxygen atoms in total. The zero-order valence-electron chi connectivity index (χ0n) is 16.8. The van der Waals surface area contributed by atoms with E-state index in [9.17, 15) is 19.8 Å². The summed E-state index contributed by atoms with van der Waals surface area (Å²) in [5.74, 6) is -3.56. The Balaban J connectivity index is 0. The molecule has 162 valence electrons. The normalized spacial score (nSPS) is 20.2. The molecule has 0 amide bonds. The third-order valence-corrected chi connectivity index (χ3v) is 4.73. The second kappa shape index (κ2) is 17.6. The Kier molecular flexibility index (Phi) is 18.7. The monoisotopic (exact) mass is 566 g/mol. The Morgan fingerprint density at radius 2 is 1.48 bits per heavy atom. The van der Waals surface area contributed by atoms with Gasteiger partial charge >= 0.3 is 21.1 Å². The van der Waals surface area contributed by atoms with Crippen molar-refractivity contribution in [2.75, 3.05) is 19.6 Å². The van der Waals surface area contributed by atoms with Crippen LogP contribution in [0.25, 0.3) is 0 Å². The summed E-state index contributed by atoms with van der Waals surface area (Å²) in [5, 5.41) is 21.1. The average molecular weight is 567 g/mol. The van der Waals surface area contributed by atoms with Crippen LogP contribution in [-0.2, 0) is 30.7 Å². The molecule has 27 heavy (non-hydrogen) atoms. The van der Waals surface area contributed by atoms with Crippen molar-refractivity contribution in [3.05, 3.63) is 0 Å². The number of nitrogens with two attached hydrogens (primary N) is 2. The predicted octanol–water partition coefficient (Wildman–Crippen LogP) is -0.393. The van der Waals surface area contributed by atoms with Crippen molar-refractivity contribution >= 4 is 11.9 Å². The molecule has 0 aliphatic heterocycles. The van der Waals surface area contributed by atoms with E-state index in [1.54, 1.807) is 0 Å². The molecule has 0 aromatic rings. The molecule has 0 heterocycles. The average Bonchev–Trinajstić information content (AvgIpc) is 2.57. The van der Waals surface area contributed by atoms with E-state index in [0.717, 1.165) is 45.3 Å². The van der Waals surface area contributed by atoms with E-state index in [-0.39, 0.29) is 33.1 Å². The summed E-state index contributed by atoms with van der Waals surface area (Å²) in [6.45, 7) is 6.98. The van der Waals surface area contributed by atoms with Crippen LogP contribution in [0.4, 0.5) is 0 Å². The number of carbonyl (C=O) groups is 2. The number of nitrogens with zero attached hydrogens (tertiary/aromatic N) is 1. The standard InChI is InChI=1S/C13H25NO4.C6H14N2.Pt/c1-3-7-14(8-4-2)9-5-6-11(13(17)18)10-12(15)16;7-5-3-1-2-4-6(5)8;/h11H,3-10H2,1-2H3,(H,15,16)(H,17,18);5-6H,1-4,7-8H2;/q;;+2/p-2. The summed E-state index contributed by atoms with van der Waals surface area (Å²) in [7, 11) is 0. The molecule has 1 aliphatic rings. The van der Waals surface area contributed by atoms with E-state index in [2.05, 4.69) is 18.7 Å². The molecule has 0 aromatic heterocycles. The molecule has 1 aliphatic carbocycles. The van der Waals surface area contributed by atoms with E-state index >= 15 is 0 Å². The molecule has 0 aromatic carbocycles. The Bertz CT molecular complexity index is 383. The first-order valence-corrected chi connectivity index (χ1v) is 9.95. The van der Waals surface area contributed by atoms with Crippen molar-refractivity contribution in [2.24, 2.45) is 17.4 Å². The molecule has 0 spiro atoms. The smallest absolute Gasteiger partial charge is 0.550 e. The maximum atomic E-state index is 10.7. The summed E-state index contributed by atoms with van der Waals surface area (Å²) >= 11 is 0. The van der Waals surface area contributed by atoms with Gasteiger partial charge in [0.1, 0.15) is 0 Å². The Morgan fingerprint density at radius 3 is 1.81 bits per heavy atom. The topological polar surface area (TPSA) is 136 Å². The Morgan fingerprint density at radius 1 is 1.00 bits per heavy atom. The van der Waals surface area contributed by atoms with Crippen molar-refractivity contribution in [1.82, 2.24) is 4.90 Å². The first kappa shape index (κ1) is 28.7. The number of rotatable bonds is 11. The fourth-order valence-electron chi connectivity index (χ4n) is 3.22. The number of hydrogen-bond acceptors (Lipinski definition) is 7. The van der Waals surface area contributed by atoms with Crippen LogP contribution in [0.5, 0.6) is 0 Å². The molecule has 4 N–H and O–H groups in total. The number of hydrogen-bond donors (Lipinski definition) is 2. The molecule has 3 unspecified atom stereocenters. The van der Waals surface area contributed by atoms with Gasteiger partial charge in [0.15, 0.2) is 0 Å². The van der Waals surface area contributed by atoms with E-state index < -0.39 is 24.3 Å². The summed E-state index contributed by atoms with van der Waals surface area (Å²) in [6, 6.07) is 0.562. The molecular formula is C19H37N3O4Pt. The Hall–Kier alpha value is -0.492. The SMILES string of the molecule is CCCN(CCC)CCCC(CC(=O)[O-])C(=O)[O-].NC1CCCCC1N.[Pt+2]. The van der Waals surface area contributed by atoms with Crippen molar-refractivity contribution in [3.8, 4) is 0 Å². The van der Waals surface area contributed by atoms with Crippen LogP contribution in [0.3, 0.4) is 0 Å². The van der Waals surface area contributed by atoms with Gasteiger partial charge in [0, 0.05) is 29.9 Å². The minimum absolute atomic E-state index is 0. The van der Waals surface area contributed by atoms with Crippen LogP contribution >= 0.6 is 0 Å². The minimum atomic E-state index is -1.33. The largest absolute Gasteiger partial charge is 2.00 e. The summed E-state index contributed by atoms with van der Waals surface area (Å²) in [5.41, 5.74) is 11.3. The second-order valence-electron chi connectivity index (χ2n) is 7.19. The molecule has 0 radical (unpaired) electrons. The quantitative estimate of drug-likeness (QED) is 0.348. The molecule has 3 atom stereocenters. The van der Waals surface area contributed by atoms with Gasteiger partial charge in [-0.3, -0.25) is 0 Å². The molecule has 0 bridgehead atoms. The van der Waals surface area contributed by atoms with Crippen molar-refractivity contribution < 1.29 is 40.9 Å². The first-order chi connectivity index (χ1) is 12.3. The molecule has 0 saturated heterocycles. The molecule has 1 saturated carbocycles. The van der Waals surface area contributed by atoms with E-state index in [4.69, 9.17) is 11.5 Å². The van der Waals surface area contributed by atoms with Gasteiger partial charge in [-0.1, -0.05) is 26.7 Å². The predicted molar refractivity (Wildman–Crippen MR) is 98.8 cm³/mol. The van der Waals surface area contributed by atoms with E-state index in [0.29, 0.717) is 12.8 Å². The van der Waals surface area contributed by atoms with Gasteiger partial charge < -0.3 is 36.2 Å². The van der Waals surface area contributed by atoms with E-state index in [1.165, 1.54) is 12.8 Å². The molecule has 1 fully saturated rings. The fourth-order valence-corrected chi connectivity index (χ4v) is 3.22. The molecular weight excluding hydrogens is 529 g/mol. The molecule has 1 rings (SSSR count). The van der Waals surface area contributed by atoms with Crippen molar-refractivity contribution in [2.45, 2.75) is 83.7 Å². The third kappa shape index (κ3) is 15.1. The maximum absolute atomic E-state index is 10.7. The van der Waals surface area contributed by atoms with Crippen molar-refractivity contribution in [3.63, 3.8) is 0 Å². The van der Waals surface area contributed by atoms with Gasteiger partial charge in [0.25, 0.3) is 0 Å². The zero-order chi connectivity index (χ0) is 19.9. The number of carboxylic acids is 2. The zero-order valence-corrected chi connectivity index (χ0v) is 19.0. The summed E-state index contributed by atoms with van der Waals surface area (Å²) < 4.78 is 0. The summed E-state index contributed by atoms with van der Waals surface area (Å²) in [4.78, 5) is 23.4. The third-order valence-electron chi connectivity index (χ3n) is 4.73. The van der Waals surface area contributed by atoms with Crippen LogP contribution in [0, 0.1) is 5.92 Å².